The number of carboxylic acids is 1. The molecule has 2 amide bonds. The molecule has 1 aliphatic rings. The molecule has 3 N–H and O–H groups in total. The number of benzene rings is 4. The maximum atomic E-state index is 13.3. The second kappa shape index (κ2) is 17.3. The Bertz CT molecular complexity index is 1730. The number of carboxylic acid groups (broad SMARTS) is 1. The molecule has 0 unspecified atom stereocenters. The number of esters is 1. The number of anilines is 1. The number of carbonyl (C=O) groups is 4. The van der Waals surface area contributed by atoms with Gasteiger partial charge in [-0.2, -0.15) is 0 Å². The van der Waals surface area contributed by atoms with Crippen molar-refractivity contribution in [1.29, 1.82) is 0 Å². The fourth-order valence-corrected chi connectivity index (χ4v) is 6.01. The van der Waals surface area contributed by atoms with Crippen LogP contribution in [0.15, 0.2) is 103 Å². The van der Waals surface area contributed by atoms with E-state index in [2.05, 4.69) is 17.6 Å². The van der Waals surface area contributed by atoms with Crippen LogP contribution in [0.25, 0.3) is 0 Å². The third kappa shape index (κ3) is 9.37. The molecule has 5 rings (SSSR count). The van der Waals surface area contributed by atoms with Crippen LogP contribution < -0.4 is 20.1 Å². The molecular formula is C41H44N2O7. The van der Waals surface area contributed by atoms with Gasteiger partial charge >= 0.3 is 11.9 Å². The molecule has 50 heavy (non-hydrogen) atoms. The number of amides is 2. The molecule has 1 atom stereocenters. The molecule has 0 radical (unpaired) electrons. The first-order valence-corrected chi connectivity index (χ1v) is 17.3. The van der Waals surface area contributed by atoms with Crippen LogP contribution in [0, 0.1) is 0 Å². The number of hydrogen-bond donors (Lipinski definition) is 3. The molecule has 0 heterocycles. The Labute approximate surface area is 293 Å². The van der Waals surface area contributed by atoms with E-state index >= 15 is 0 Å². The van der Waals surface area contributed by atoms with Crippen molar-refractivity contribution in [2.45, 2.75) is 76.2 Å². The molecule has 0 spiro atoms. The predicted molar refractivity (Wildman–Crippen MR) is 192 cm³/mol. The van der Waals surface area contributed by atoms with Gasteiger partial charge in [0.25, 0.3) is 5.91 Å². The van der Waals surface area contributed by atoms with E-state index in [1.54, 1.807) is 72.8 Å². The number of aliphatic carboxylic acids is 1. The number of hydrogen-bond acceptors (Lipinski definition) is 6. The van der Waals surface area contributed by atoms with Crippen LogP contribution in [-0.4, -0.2) is 41.5 Å². The van der Waals surface area contributed by atoms with Crippen molar-refractivity contribution in [3.05, 3.63) is 125 Å². The van der Waals surface area contributed by atoms with E-state index in [9.17, 15) is 24.3 Å². The molecule has 0 aliphatic heterocycles. The Morgan fingerprint density at radius 3 is 2.02 bits per heavy atom. The zero-order valence-corrected chi connectivity index (χ0v) is 28.4. The van der Waals surface area contributed by atoms with E-state index in [1.807, 2.05) is 30.3 Å². The van der Waals surface area contributed by atoms with Gasteiger partial charge in [-0.3, -0.25) is 9.59 Å². The largest absolute Gasteiger partial charge is 0.494 e. The zero-order chi connectivity index (χ0) is 35.3. The molecule has 1 aliphatic carbocycles. The maximum Gasteiger partial charge on any atom is 0.343 e. The minimum absolute atomic E-state index is 0.0189. The topological polar surface area (TPSA) is 131 Å². The molecular weight excluding hydrogens is 632 g/mol. The molecule has 9 heteroatoms. The maximum absolute atomic E-state index is 13.3. The van der Waals surface area contributed by atoms with Crippen LogP contribution in [-0.2, 0) is 21.4 Å². The fraction of sp³-hybridized carbons (Fsp3) is 0.317. The van der Waals surface area contributed by atoms with Gasteiger partial charge in [0.2, 0.25) is 5.91 Å². The van der Waals surface area contributed by atoms with E-state index in [0.29, 0.717) is 34.9 Å². The first-order chi connectivity index (χ1) is 24.3. The average Bonchev–Trinajstić information content (AvgIpc) is 3.10. The molecule has 4 aromatic rings. The predicted octanol–water partition coefficient (Wildman–Crippen LogP) is 7.74. The van der Waals surface area contributed by atoms with Gasteiger partial charge in [0.1, 0.15) is 17.5 Å². The van der Waals surface area contributed by atoms with E-state index in [1.165, 1.54) is 19.3 Å². The molecule has 0 saturated heterocycles. The summed E-state index contributed by atoms with van der Waals surface area (Å²) in [6.07, 6.45) is 8.32. The summed E-state index contributed by atoms with van der Waals surface area (Å²) >= 11 is 0. The van der Waals surface area contributed by atoms with Crippen molar-refractivity contribution in [3.63, 3.8) is 0 Å². The highest BCUT2D eigenvalue weighted by atomic mass is 16.5. The number of unbranched alkanes of at least 4 members (excludes halogenated alkanes) is 4. The van der Waals surface area contributed by atoms with Gasteiger partial charge in [-0.15, -0.1) is 0 Å². The summed E-state index contributed by atoms with van der Waals surface area (Å²) in [7, 11) is 0. The van der Waals surface area contributed by atoms with Gasteiger partial charge in [0.15, 0.2) is 0 Å². The zero-order valence-electron chi connectivity index (χ0n) is 28.4. The molecule has 260 valence electrons. The normalized spacial score (nSPS) is 13.7. The third-order valence-corrected chi connectivity index (χ3v) is 9.16. The highest BCUT2D eigenvalue weighted by Gasteiger charge is 2.45. The fourth-order valence-electron chi connectivity index (χ4n) is 6.01. The minimum Gasteiger partial charge on any atom is -0.494 e. The Morgan fingerprint density at radius 1 is 0.760 bits per heavy atom. The monoisotopic (exact) mass is 676 g/mol. The Hall–Kier alpha value is -5.44. The minimum atomic E-state index is -1.20. The second-order valence-electron chi connectivity index (χ2n) is 12.7. The molecule has 0 aromatic heterocycles. The van der Waals surface area contributed by atoms with Crippen molar-refractivity contribution < 1.29 is 33.8 Å². The molecule has 4 aromatic carbocycles. The van der Waals surface area contributed by atoms with Gasteiger partial charge in [-0.1, -0.05) is 81.5 Å². The number of ether oxygens (including phenoxy) is 2. The van der Waals surface area contributed by atoms with Crippen LogP contribution in [0.2, 0.25) is 0 Å². The number of rotatable bonds is 17. The lowest BCUT2D eigenvalue weighted by Gasteiger charge is -2.40. The van der Waals surface area contributed by atoms with Crippen molar-refractivity contribution in [2.24, 2.45) is 0 Å². The van der Waals surface area contributed by atoms with Gasteiger partial charge in [0, 0.05) is 17.7 Å². The van der Waals surface area contributed by atoms with Crippen LogP contribution >= 0.6 is 0 Å². The first kappa shape index (κ1) is 35.9. The van der Waals surface area contributed by atoms with Gasteiger partial charge in [-0.25, -0.2) is 9.59 Å². The summed E-state index contributed by atoms with van der Waals surface area (Å²) in [5, 5.41) is 15.4. The third-order valence-electron chi connectivity index (χ3n) is 9.16. The van der Waals surface area contributed by atoms with Crippen LogP contribution in [0.4, 0.5) is 5.69 Å². The average molecular weight is 677 g/mol. The lowest BCUT2D eigenvalue weighted by atomic mass is 9.64. The van der Waals surface area contributed by atoms with Crippen molar-refractivity contribution in [3.8, 4) is 11.5 Å². The summed E-state index contributed by atoms with van der Waals surface area (Å²) in [5.41, 5.74) is 2.27. The van der Waals surface area contributed by atoms with Crippen molar-refractivity contribution in [2.75, 3.05) is 11.9 Å². The van der Waals surface area contributed by atoms with Gasteiger partial charge < -0.3 is 25.2 Å². The molecule has 1 fully saturated rings. The summed E-state index contributed by atoms with van der Waals surface area (Å²) in [6, 6.07) is 28.2. The Kier molecular flexibility index (Phi) is 12.4. The SMILES string of the molecule is CCCCCCCOc1ccc(C(=O)Oc2ccc(C[C@H](NC(=O)c3ccc(NC(=O)C4(c5ccccc5)CCC4)cc3)C(=O)O)cc2)cc1. The van der Waals surface area contributed by atoms with Crippen LogP contribution in [0.1, 0.15) is 90.1 Å². The Morgan fingerprint density at radius 2 is 1.40 bits per heavy atom. The molecule has 0 bridgehead atoms. The van der Waals surface area contributed by atoms with Crippen LogP contribution in [0.5, 0.6) is 11.5 Å². The molecule has 9 nitrogen and oxygen atoms in total. The van der Waals surface area contributed by atoms with Crippen molar-refractivity contribution >= 4 is 29.4 Å². The van der Waals surface area contributed by atoms with Crippen LogP contribution in [0.3, 0.4) is 0 Å². The Balaban J connectivity index is 1.10. The highest BCUT2D eigenvalue weighted by molar-refractivity contribution is 6.01. The van der Waals surface area contributed by atoms with E-state index in [-0.39, 0.29) is 17.9 Å². The van der Waals surface area contributed by atoms with Gasteiger partial charge in [0.05, 0.1) is 17.6 Å². The highest BCUT2D eigenvalue weighted by Crippen LogP contribution is 2.44. The van der Waals surface area contributed by atoms with E-state index < -0.39 is 29.3 Å². The standard InChI is InChI=1S/C41H44N2O7/c1-2-3-4-5-9-27-49-34-23-17-31(18-24-34)39(47)50-35-21-13-29(14-22-35)28-36(38(45)46)43-37(44)30-15-19-33(20-16-30)42-40(48)41(25-10-26-41)32-11-7-6-8-12-32/h6-8,11-24,36H,2-5,9-10,25-28H2,1H3,(H,42,48)(H,43,44)(H,45,46)/t36-/m0/s1. The van der Waals surface area contributed by atoms with Crippen molar-refractivity contribution in [1.82, 2.24) is 5.32 Å². The van der Waals surface area contributed by atoms with E-state index in [4.69, 9.17) is 9.47 Å². The second-order valence-corrected chi connectivity index (χ2v) is 12.7. The molecule has 1 saturated carbocycles. The first-order valence-electron chi connectivity index (χ1n) is 17.3. The smallest absolute Gasteiger partial charge is 0.343 e. The van der Waals surface area contributed by atoms with E-state index in [0.717, 1.165) is 37.7 Å². The summed E-state index contributed by atoms with van der Waals surface area (Å²) < 4.78 is 11.3. The number of carbonyl (C=O) groups excluding carboxylic acids is 3. The summed E-state index contributed by atoms with van der Waals surface area (Å²) in [6.45, 7) is 2.82. The quantitative estimate of drug-likeness (QED) is 0.0592. The van der Waals surface area contributed by atoms with Gasteiger partial charge in [-0.05, 0) is 91.1 Å². The summed E-state index contributed by atoms with van der Waals surface area (Å²) in [4.78, 5) is 51.0. The summed E-state index contributed by atoms with van der Waals surface area (Å²) in [5.74, 6) is -1.34. The number of nitrogens with one attached hydrogen (secondary N) is 2. The lowest BCUT2D eigenvalue weighted by Crippen LogP contribution is -2.46. The lowest BCUT2D eigenvalue weighted by molar-refractivity contribution is -0.139.